The van der Waals surface area contributed by atoms with Crippen LogP contribution in [0.15, 0.2) is 83.8 Å². The number of nitrogens with one attached hydrogen (secondary N) is 1. The van der Waals surface area contributed by atoms with Gasteiger partial charge in [-0.2, -0.15) is 0 Å². The normalized spacial score (nSPS) is 11.1. The summed E-state index contributed by atoms with van der Waals surface area (Å²) in [6, 6.07) is 20.2. The molecule has 0 fully saturated rings. The topological polar surface area (TPSA) is 66.5 Å². The van der Waals surface area contributed by atoms with E-state index in [9.17, 15) is 17.6 Å². The predicted octanol–water partition coefficient (Wildman–Crippen LogP) is 4.03. The third kappa shape index (κ3) is 5.58. The Bertz CT molecular complexity index is 1090. The molecule has 3 aromatic rings. The summed E-state index contributed by atoms with van der Waals surface area (Å²) in [5.41, 5.74) is 1.24. The third-order valence-corrected chi connectivity index (χ3v) is 6.42. The molecule has 5 nitrogen and oxygen atoms in total. The van der Waals surface area contributed by atoms with Crippen molar-refractivity contribution in [3.05, 3.63) is 95.3 Å². The lowest BCUT2D eigenvalue weighted by Gasteiger charge is -2.24. The van der Waals surface area contributed by atoms with Crippen LogP contribution in [0.5, 0.6) is 0 Å². The highest BCUT2D eigenvalue weighted by Gasteiger charge is 2.27. The van der Waals surface area contributed by atoms with Crippen LogP contribution in [0, 0.1) is 5.82 Å². The average molecular weight is 447 g/mol. The second-order valence-corrected chi connectivity index (χ2v) is 8.83. The van der Waals surface area contributed by atoms with Gasteiger partial charge in [0.1, 0.15) is 12.4 Å². The molecule has 3 aromatic carbocycles. The van der Waals surface area contributed by atoms with Crippen molar-refractivity contribution >= 4 is 33.2 Å². The predicted molar refractivity (Wildman–Crippen MR) is 116 cm³/mol. The Balaban J connectivity index is 1.73. The van der Waals surface area contributed by atoms with Gasteiger partial charge < -0.3 is 5.32 Å². The number of amides is 1. The first-order valence-corrected chi connectivity index (χ1v) is 11.0. The third-order valence-electron chi connectivity index (χ3n) is 4.38. The minimum Gasteiger partial charge on any atom is -0.354 e. The van der Waals surface area contributed by atoms with Crippen molar-refractivity contribution in [3.63, 3.8) is 0 Å². The Morgan fingerprint density at radius 2 is 1.57 bits per heavy atom. The van der Waals surface area contributed by atoms with E-state index in [1.807, 2.05) is 0 Å². The molecule has 0 bridgehead atoms. The summed E-state index contributed by atoms with van der Waals surface area (Å²) in [4.78, 5) is 12.5. The quantitative estimate of drug-likeness (QED) is 0.568. The van der Waals surface area contributed by atoms with Crippen molar-refractivity contribution in [1.29, 1.82) is 0 Å². The molecule has 0 aromatic heterocycles. The number of hydrogen-bond acceptors (Lipinski definition) is 3. The summed E-state index contributed by atoms with van der Waals surface area (Å²) in [5.74, 6) is -0.771. The Labute approximate surface area is 180 Å². The molecule has 0 radical (unpaired) electrons. The molecule has 0 saturated heterocycles. The van der Waals surface area contributed by atoms with Gasteiger partial charge in [-0.25, -0.2) is 12.8 Å². The van der Waals surface area contributed by atoms with E-state index >= 15 is 0 Å². The van der Waals surface area contributed by atoms with Crippen LogP contribution in [-0.2, 0) is 21.2 Å². The Hall–Kier alpha value is -2.90. The molecule has 0 spiro atoms. The molecule has 156 valence electrons. The van der Waals surface area contributed by atoms with Crippen molar-refractivity contribution in [1.82, 2.24) is 5.32 Å². The first-order valence-electron chi connectivity index (χ1n) is 9.21. The zero-order valence-corrected chi connectivity index (χ0v) is 17.5. The van der Waals surface area contributed by atoms with Crippen LogP contribution in [0.4, 0.5) is 10.1 Å². The lowest BCUT2D eigenvalue weighted by Crippen LogP contribution is -2.41. The summed E-state index contributed by atoms with van der Waals surface area (Å²) in [6.45, 7) is -0.0769. The molecule has 0 aliphatic carbocycles. The number of nitrogens with zero attached hydrogens (tertiary/aromatic N) is 1. The van der Waals surface area contributed by atoms with Crippen molar-refractivity contribution in [2.45, 2.75) is 11.3 Å². The van der Waals surface area contributed by atoms with Crippen molar-refractivity contribution in [3.8, 4) is 0 Å². The molecular weight excluding hydrogens is 427 g/mol. The summed E-state index contributed by atoms with van der Waals surface area (Å²) in [5, 5.41) is 3.13. The van der Waals surface area contributed by atoms with Crippen LogP contribution in [0.25, 0.3) is 0 Å². The van der Waals surface area contributed by atoms with E-state index in [-0.39, 0.29) is 17.3 Å². The van der Waals surface area contributed by atoms with Crippen molar-refractivity contribution in [2.75, 3.05) is 17.4 Å². The maximum atomic E-state index is 13.2. The summed E-state index contributed by atoms with van der Waals surface area (Å²) in [6.07, 6.45) is 0.501. The fraction of sp³-hybridized carbons (Fsp3) is 0.136. The van der Waals surface area contributed by atoms with Gasteiger partial charge >= 0.3 is 0 Å². The number of para-hydroxylation sites is 1. The van der Waals surface area contributed by atoms with Gasteiger partial charge in [-0.15, -0.1) is 0 Å². The SMILES string of the molecule is O=C(CN(c1ccccc1)S(=O)(=O)c1ccc(Cl)cc1)NCCc1ccc(F)cc1. The van der Waals surface area contributed by atoms with E-state index in [2.05, 4.69) is 5.32 Å². The molecule has 0 heterocycles. The lowest BCUT2D eigenvalue weighted by molar-refractivity contribution is -0.119. The van der Waals surface area contributed by atoms with Gasteiger partial charge in [0, 0.05) is 11.6 Å². The van der Waals surface area contributed by atoms with E-state index in [4.69, 9.17) is 11.6 Å². The number of rotatable bonds is 8. The van der Waals surface area contributed by atoms with Gasteiger partial charge in [0.15, 0.2) is 0 Å². The molecule has 8 heteroatoms. The average Bonchev–Trinajstić information content (AvgIpc) is 2.74. The Kier molecular flexibility index (Phi) is 7.07. The summed E-state index contributed by atoms with van der Waals surface area (Å²) < 4.78 is 40.4. The molecule has 1 N–H and O–H groups in total. The molecule has 1 amide bonds. The molecule has 0 aliphatic rings. The Morgan fingerprint density at radius 3 is 2.20 bits per heavy atom. The number of carbonyl (C=O) groups excluding carboxylic acids is 1. The smallest absolute Gasteiger partial charge is 0.264 e. The van der Waals surface area contributed by atoms with Crippen molar-refractivity contribution in [2.24, 2.45) is 0 Å². The van der Waals surface area contributed by atoms with E-state index in [1.54, 1.807) is 42.5 Å². The summed E-state index contributed by atoms with van der Waals surface area (Å²) >= 11 is 5.87. The first kappa shape index (κ1) is 21.8. The Morgan fingerprint density at radius 1 is 0.933 bits per heavy atom. The number of anilines is 1. The number of hydrogen-bond donors (Lipinski definition) is 1. The van der Waals surface area contributed by atoms with Crippen molar-refractivity contribution < 1.29 is 17.6 Å². The fourth-order valence-electron chi connectivity index (χ4n) is 2.83. The van der Waals surface area contributed by atoms with Crippen LogP contribution in [0.3, 0.4) is 0 Å². The summed E-state index contributed by atoms with van der Waals surface area (Å²) in [7, 11) is -3.98. The number of sulfonamides is 1. The van der Waals surface area contributed by atoms with E-state index in [0.29, 0.717) is 23.7 Å². The molecule has 0 atom stereocenters. The van der Waals surface area contributed by atoms with Gasteiger partial charge in [-0.05, 0) is 60.5 Å². The van der Waals surface area contributed by atoms with Crippen LogP contribution in [0.2, 0.25) is 5.02 Å². The minimum absolute atomic E-state index is 0.0369. The number of carbonyl (C=O) groups is 1. The molecular formula is C22H20ClFN2O3S. The molecule has 3 rings (SSSR count). The van der Waals surface area contributed by atoms with Gasteiger partial charge in [0.05, 0.1) is 10.6 Å². The van der Waals surface area contributed by atoms with E-state index in [0.717, 1.165) is 9.87 Å². The first-order chi connectivity index (χ1) is 14.4. The van der Waals surface area contributed by atoms with E-state index < -0.39 is 15.9 Å². The van der Waals surface area contributed by atoms with Gasteiger partial charge in [-0.3, -0.25) is 9.10 Å². The van der Waals surface area contributed by atoms with Gasteiger partial charge in [-0.1, -0.05) is 41.9 Å². The highest BCUT2D eigenvalue weighted by molar-refractivity contribution is 7.92. The fourth-order valence-corrected chi connectivity index (χ4v) is 4.37. The largest absolute Gasteiger partial charge is 0.354 e. The van der Waals surface area contributed by atoms with Gasteiger partial charge in [0.2, 0.25) is 5.91 Å². The minimum atomic E-state index is -3.98. The highest BCUT2D eigenvalue weighted by atomic mass is 35.5. The standard InChI is InChI=1S/C22H20ClFN2O3S/c23-18-8-12-21(13-9-18)30(28,29)26(20-4-2-1-3-5-20)16-22(27)25-15-14-17-6-10-19(24)11-7-17/h1-13H,14-16H2,(H,25,27). The zero-order chi connectivity index (χ0) is 21.6. The van der Waals surface area contributed by atoms with Gasteiger partial charge in [0.25, 0.3) is 10.0 Å². The highest BCUT2D eigenvalue weighted by Crippen LogP contribution is 2.24. The molecule has 0 saturated carbocycles. The van der Waals surface area contributed by atoms with Crippen LogP contribution in [-0.4, -0.2) is 27.4 Å². The van der Waals surface area contributed by atoms with Crippen LogP contribution < -0.4 is 9.62 Å². The van der Waals surface area contributed by atoms with Crippen LogP contribution in [0.1, 0.15) is 5.56 Å². The van der Waals surface area contributed by atoms with E-state index in [1.165, 1.54) is 36.4 Å². The maximum absolute atomic E-state index is 13.2. The molecule has 30 heavy (non-hydrogen) atoms. The second-order valence-electron chi connectivity index (χ2n) is 6.53. The molecule has 0 aliphatic heterocycles. The zero-order valence-electron chi connectivity index (χ0n) is 16.0. The van der Waals surface area contributed by atoms with Crippen LogP contribution >= 0.6 is 11.6 Å². The number of benzene rings is 3. The molecule has 0 unspecified atom stereocenters. The number of halogens is 2. The maximum Gasteiger partial charge on any atom is 0.264 e. The second kappa shape index (κ2) is 9.73. The monoisotopic (exact) mass is 446 g/mol. The lowest BCUT2D eigenvalue weighted by atomic mass is 10.1.